The average molecular weight is 417 g/mol. The second-order valence-corrected chi connectivity index (χ2v) is 7.34. The number of carboxylic acid groups (broad SMARTS) is 1. The molecule has 1 atom stereocenters. The zero-order chi connectivity index (χ0) is 22.1. The SMILES string of the molecule is CCO[C@@H](Cc1ccc(OC(C)(C)C(=O)NCCc2ccccc2F)cc1)C(=O)O. The molecular formula is C23H28FNO5. The van der Waals surface area contributed by atoms with E-state index >= 15 is 0 Å². The lowest BCUT2D eigenvalue weighted by Gasteiger charge is -2.25. The van der Waals surface area contributed by atoms with Crippen molar-refractivity contribution in [2.45, 2.75) is 45.3 Å². The van der Waals surface area contributed by atoms with Gasteiger partial charge in [-0.2, -0.15) is 0 Å². The van der Waals surface area contributed by atoms with Crippen LogP contribution in [-0.4, -0.2) is 41.8 Å². The summed E-state index contributed by atoms with van der Waals surface area (Å²) >= 11 is 0. The van der Waals surface area contributed by atoms with Gasteiger partial charge in [-0.3, -0.25) is 4.79 Å². The van der Waals surface area contributed by atoms with Gasteiger partial charge in [-0.25, -0.2) is 9.18 Å². The Labute approximate surface area is 176 Å². The van der Waals surface area contributed by atoms with Crippen LogP contribution in [0.25, 0.3) is 0 Å². The second-order valence-electron chi connectivity index (χ2n) is 7.34. The predicted molar refractivity (Wildman–Crippen MR) is 111 cm³/mol. The van der Waals surface area contributed by atoms with E-state index in [1.165, 1.54) is 6.07 Å². The Morgan fingerprint density at radius 1 is 1.13 bits per heavy atom. The summed E-state index contributed by atoms with van der Waals surface area (Å²) in [5.74, 6) is -1.14. The molecule has 0 spiro atoms. The topological polar surface area (TPSA) is 84.9 Å². The van der Waals surface area contributed by atoms with Crippen LogP contribution in [0.15, 0.2) is 48.5 Å². The van der Waals surface area contributed by atoms with E-state index in [1.54, 1.807) is 63.2 Å². The Morgan fingerprint density at radius 2 is 1.80 bits per heavy atom. The molecule has 0 aromatic heterocycles. The average Bonchev–Trinajstić information content (AvgIpc) is 2.70. The lowest BCUT2D eigenvalue weighted by Crippen LogP contribution is -2.47. The standard InChI is InChI=1S/C23H28FNO5/c1-4-29-20(21(26)27)15-16-9-11-18(12-10-16)30-23(2,3)22(28)25-14-13-17-7-5-6-8-19(17)24/h5-12,20H,4,13-15H2,1-3H3,(H,25,28)(H,26,27)/t20-/m0/s1. The normalized spacial score (nSPS) is 12.3. The van der Waals surface area contributed by atoms with Crippen molar-refractivity contribution in [3.05, 3.63) is 65.5 Å². The number of rotatable bonds is 11. The summed E-state index contributed by atoms with van der Waals surface area (Å²) in [6, 6.07) is 13.3. The lowest BCUT2D eigenvalue weighted by molar-refractivity contribution is -0.150. The van der Waals surface area contributed by atoms with Gasteiger partial charge in [-0.1, -0.05) is 30.3 Å². The number of hydrogen-bond acceptors (Lipinski definition) is 4. The minimum Gasteiger partial charge on any atom is -0.479 e. The number of halogens is 1. The largest absolute Gasteiger partial charge is 0.479 e. The molecule has 30 heavy (non-hydrogen) atoms. The molecule has 6 nitrogen and oxygen atoms in total. The minimum atomic E-state index is -1.13. The zero-order valence-corrected chi connectivity index (χ0v) is 17.5. The van der Waals surface area contributed by atoms with Gasteiger partial charge in [0.15, 0.2) is 11.7 Å². The lowest BCUT2D eigenvalue weighted by atomic mass is 10.1. The number of ether oxygens (including phenoxy) is 2. The summed E-state index contributed by atoms with van der Waals surface area (Å²) in [4.78, 5) is 23.7. The van der Waals surface area contributed by atoms with Crippen LogP contribution in [0.2, 0.25) is 0 Å². The van der Waals surface area contributed by atoms with Gasteiger partial charge >= 0.3 is 5.97 Å². The van der Waals surface area contributed by atoms with Crippen molar-refractivity contribution in [2.75, 3.05) is 13.2 Å². The Kier molecular flexibility index (Phi) is 8.35. The molecular weight excluding hydrogens is 389 g/mol. The number of carboxylic acids is 1. The quantitative estimate of drug-likeness (QED) is 0.586. The van der Waals surface area contributed by atoms with Gasteiger partial charge in [0.25, 0.3) is 5.91 Å². The van der Waals surface area contributed by atoms with Crippen molar-refractivity contribution < 1.29 is 28.6 Å². The first kappa shape index (κ1) is 23.3. The number of hydrogen-bond donors (Lipinski definition) is 2. The first-order chi connectivity index (χ1) is 14.2. The third-order valence-corrected chi connectivity index (χ3v) is 4.55. The van der Waals surface area contributed by atoms with Gasteiger partial charge in [-0.15, -0.1) is 0 Å². The van der Waals surface area contributed by atoms with Crippen LogP contribution < -0.4 is 10.1 Å². The highest BCUT2D eigenvalue weighted by molar-refractivity contribution is 5.84. The molecule has 7 heteroatoms. The summed E-state index contributed by atoms with van der Waals surface area (Å²) in [5, 5.41) is 11.9. The Morgan fingerprint density at radius 3 is 2.40 bits per heavy atom. The summed E-state index contributed by atoms with van der Waals surface area (Å²) in [5.41, 5.74) is 0.195. The van der Waals surface area contributed by atoms with Gasteiger partial charge < -0.3 is 19.9 Å². The van der Waals surface area contributed by atoms with Gasteiger partial charge in [-0.05, 0) is 56.5 Å². The van der Waals surface area contributed by atoms with Gasteiger partial charge in [0, 0.05) is 19.6 Å². The van der Waals surface area contributed by atoms with E-state index in [0.29, 0.717) is 30.9 Å². The maximum Gasteiger partial charge on any atom is 0.333 e. The molecule has 2 aromatic rings. The molecule has 0 fully saturated rings. The fraction of sp³-hybridized carbons (Fsp3) is 0.391. The van der Waals surface area contributed by atoms with Crippen LogP contribution in [0.4, 0.5) is 4.39 Å². The van der Waals surface area contributed by atoms with Crippen molar-refractivity contribution in [1.82, 2.24) is 5.32 Å². The fourth-order valence-corrected chi connectivity index (χ4v) is 2.89. The number of carbonyl (C=O) groups is 2. The highest BCUT2D eigenvalue weighted by Gasteiger charge is 2.29. The molecule has 1 amide bonds. The Bertz CT molecular complexity index is 851. The minimum absolute atomic E-state index is 0.239. The molecule has 162 valence electrons. The van der Waals surface area contributed by atoms with Crippen LogP contribution in [0.5, 0.6) is 5.75 Å². The monoisotopic (exact) mass is 417 g/mol. The van der Waals surface area contributed by atoms with E-state index in [0.717, 1.165) is 5.56 Å². The van der Waals surface area contributed by atoms with Gasteiger partial charge in [0.05, 0.1) is 0 Å². The molecule has 0 heterocycles. The molecule has 2 rings (SSSR count). The third kappa shape index (κ3) is 6.84. The van der Waals surface area contributed by atoms with Crippen molar-refractivity contribution >= 4 is 11.9 Å². The maximum absolute atomic E-state index is 13.7. The molecule has 0 bridgehead atoms. The molecule has 0 saturated heterocycles. The number of nitrogens with one attached hydrogen (secondary N) is 1. The maximum atomic E-state index is 13.7. The molecule has 2 aromatic carbocycles. The van der Waals surface area contributed by atoms with Gasteiger partial charge in [0.2, 0.25) is 0 Å². The van der Waals surface area contributed by atoms with E-state index in [1.807, 2.05) is 0 Å². The third-order valence-electron chi connectivity index (χ3n) is 4.55. The van der Waals surface area contributed by atoms with E-state index < -0.39 is 17.7 Å². The summed E-state index contributed by atoms with van der Waals surface area (Å²) in [6.45, 7) is 5.65. The van der Waals surface area contributed by atoms with Crippen LogP contribution in [0.3, 0.4) is 0 Å². The summed E-state index contributed by atoms with van der Waals surface area (Å²) < 4.78 is 24.7. The molecule has 0 aliphatic heterocycles. The van der Waals surface area contributed by atoms with Crippen molar-refractivity contribution in [2.24, 2.45) is 0 Å². The van der Waals surface area contributed by atoms with Crippen molar-refractivity contribution in [3.8, 4) is 5.75 Å². The molecule has 0 unspecified atom stereocenters. The molecule has 0 saturated carbocycles. The first-order valence-corrected chi connectivity index (χ1v) is 9.87. The number of aliphatic carboxylic acids is 1. The van der Waals surface area contributed by atoms with E-state index in [9.17, 15) is 19.1 Å². The fourth-order valence-electron chi connectivity index (χ4n) is 2.89. The van der Waals surface area contributed by atoms with Crippen LogP contribution in [0.1, 0.15) is 31.9 Å². The molecule has 2 N–H and O–H groups in total. The molecule has 0 aliphatic rings. The Balaban J connectivity index is 1.89. The highest BCUT2D eigenvalue weighted by Crippen LogP contribution is 2.20. The summed E-state index contributed by atoms with van der Waals surface area (Å²) in [7, 11) is 0. The summed E-state index contributed by atoms with van der Waals surface area (Å²) in [6.07, 6.45) is -0.282. The van der Waals surface area contributed by atoms with E-state index in [2.05, 4.69) is 5.32 Å². The number of carbonyl (C=O) groups excluding carboxylic acids is 1. The van der Waals surface area contributed by atoms with E-state index in [-0.39, 0.29) is 18.1 Å². The van der Waals surface area contributed by atoms with Crippen LogP contribution >= 0.6 is 0 Å². The smallest absolute Gasteiger partial charge is 0.333 e. The zero-order valence-electron chi connectivity index (χ0n) is 17.5. The van der Waals surface area contributed by atoms with Crippen LogP contribution in [0, 0.1) is 5.82 Å². The number of benzene rings is 2. The second kappa shape index (κ2) is 10.7. The highest BCUT2D eigenvalue weighted by atomic mass is 19.1. The molecule has 0 radical (unpaired) electrons. The Hall–Kier alpha value is -2.93. The first-order valence-electron chi connectivity index (χ1n) is 9.87. The predicted octanol–water partition coefficient (Wildman–Crippen LogP) is 3.37. The van der Waals surface area contributed by atoms with Crippen molar-refractivity contribution in [3.63, 3.8) is 0 Å². The van der Waals surface area contributed by atoms with Gasteiger partial charge in [0.1, 0.15) is 11.6 Å². The van der Waals surface area contributed by atoms with Crippen LogP contribution in [-0.2, 0) is 27.2 Å². The number of amides is 1. The van der Waals surface area contributed by atoms with E-state index in [4.69, 9.17) is 9.47 Å². The van der Waals surface area contributed by atoms with Crippen molar-refractivity contribution in [1.29, 1.82) is 0 Å². The molecule has 0 aliphatic carbocycles.